The number of nitrogens with one attached hydrogen (secondary N) is 2. The van der Waals surface area contributed by atoms with Gasteiger partial charge in [0.1, 0.15) is 36.0 Å². The maximum atomic E-state index is 14.4. The Morgan fingerprint density at radius 1 is 1.19 bits per heavy atom. The number of Topliss-reactive ketones (excluding diaryl/α,β-unsaturated/α-hetero) is 1. The van der Waals surface area contributed by atoms with Gasteiger partial charge in [-0.3, -0.25) is 14.9 Å². The van der Waals surface area contributed by atoms with Crippen molar-refractivity contribution >= 4 is 23.1 Å². The van der Waals surface area contributed by atoms with Crippen molar-refractivity contribution in [3.05, 3.63) is 101 Å². The van der Waals surface area contributed by atoms with Crippen molar-refractivity contribution in [2.24, 2.45) is 11.8 Å². The Kier molecular flexibility index (Phi) is 7.69. The number of nitrogens with zero attached hydrogens (tertiary/aromatic N) is 4. The fourth-order valence-corrected chi connectivity index (χ4v) is 6.07. The van der Waals surface area contributed by atoms with Gasteiger partial charge in [0.15, 0.2) is 5.78 Å². The maximum Gasteiger partial charge on any atom is 0.169 e. The van der Waals surface area contributed by atoms with E-state index in [2.05, 4.69) is 20.4 Å². The summed E-state index contributed by atoms with van der Waals surface area (Å²) >= 11 is 0. The third kappa shape index (κ3) is 5.48. The summed E-state index contributed by atoms with van der Waals surface area (Å²) < 4.78 is 22.7. The molecule has 0 radical (unpaired) electrons. The standard InChI is InChI=1S/C32H34FN7O2/c1-19(30-26(21-10-7-11-23(33)14-21)29(41)24-12-5-6-13-25(24)42-30)39-32-27(31(35)36-18-37-32)28(34)22-15-38-40(17-22)16-20-8-3-2-4-9-20/h2-9,11,15,17-19,21,23-25,34H,10,12-14,16H2,1H3,(H3,35,36,37,39)/t19?,21-,23+,24-,25+/m1/s1. The lowest BCUT2D eigenvalue weighted by molar-refractivity contribution is -0.127. The monoisotopic (exact) mass is 567 g/mol. The number of nitrogens with two attached hydrogens (primary N) is 1. The van der Waals surface area contributed by atoms with Crippen LogP contribution in [0.2, 0.25) is 0 Å². The molecule has 0 saturated carbocycles. The van der Waals surface area contributed by atoms with Crippen LogP contribution in [0.4, 0.5) is 16.0 Å². The van der Waals surface area contributed by atoms with Gasteiger partial charge < -0.3 is 15.8 Å². The van der Waals surface area contributed by atoms with Crippen LogP contribution in [-0.2, 0) is 16.1 Å². The molecule has 1 aliphatic heterocycles. The third-order valence-corrected chi connectivity index (χ3v) is 8.19. The number of ketones is 1. The van der Waals surface area contributed by atoms with E-state index in [4.69, 9.17) is 15.9 Å². The minimum Gasteiger partial charge on any atom is -0.491 e. The Labute approximate surface area is 243 Å². The number of hydrogen-bond donors (Lipinski definition) is 3. The average Bonchev–Trinajstić information content (AvgIpc) is 3.46. The predicted octanol–water partition coefficient (Wildman–Crippen LogP) is 5.01. The van der Waals surface area contributed by atoms with Crippen molar-refractivity contribution in [3.8, 4) is 0 Å². The zero-order chi connectivity index (χ0) is 29.2. The molecule has 0 saturated heterocycles. The fraction of sp³-hybridized carbons (Fsp3) is 0.344. The van der Waals surface area contributed by atoms with Crippen molar-refractivity contribution < 1.29 is 13.9 Å². The molecule has 216 valence electrons. The molecule has 4 N–H and O–H groups in total. The van der Waals surface area contributed by atoms with Crippen LogP contribution in [0.1, 0.15) is 49.3 Å². The van der Waals surface area contributed by atoms with E-state index in [0.717, 1.165) is 5.56 Å². The number of ether oxygens (including phenoxy) is 1. The summed E-state index contributed by atoms with van der Waals surface area (Å²) in [6.07, 6.45) is 12.9. The number of carbonyl (C=O) groups excluding carboxylic acids is 1. The Balaban J connectivity index is 1.30. The number of allylic oxidation sites excluding steroid dienone is 4. The van der Waals surface area contributed by atoms with E-state index in [1.807, 2.05) is 55.5 Å². The molecule has 1 unspecified atom stereocenters. The second kappa shape index (κ2) is 11.7. The molecular formula is C32H34FN7O2. The first-order chi connectivity index (χ1) is 20.4. The lowest BCUT2D eigenvalue weighted by Gasteiger charge is -2.39. The van der Waals surface area contributed by atoms with Gasteiger partial charge in [0, 0.05) is 23.8 Å². The van der Waals surface area contributed by atoms with E-state index in [0.29, 0.717) is 54.1 Å². The van der Waals surface area contributed by atoms with E-state index in [-0.39, 0.29) is 41.7 Å². The van der Waals surface area contributed by atoms with E-state index >= 15 is 0 Å². The smallest absolute Gasteiger partial charge is 0.169 e. The van der Waals surface area contributed by atoms with Gasteiger partial charge in [-0.1, -0.05) is 54.6 Å². The summed E-state index contributed by atoms with van der Waals surface area (Å²) in [7, 11) is 0. The molecule has 9 nitrogen and oxygen atoms in total. The van der Waals surface area contributed by atoms with Gasteiger partial charge in [-0.2, -0.15) is 5.10 Å². The van der Waals surface area contributed by atoms with Gasteiger partial charge in [-0.15, -0.1) is 0 Å². The van der Waals surface area contributed by atoms with Crippen molar-refractivity contribution in [3.63, 3.8) is 0 Å². The summed E-state index contributed by atoms with van der Waals surface area (Å²) in [5.41, 5.74) is 8.95. The normalized spacial score (nSPS) is 24.2. The van der Waals surface area contributed by atoms with Gasteiger partial charge in [0.05, 0.1) is 36.0 Å². The van der Waals surface area contributed by atoms with Gasteiger partial charge in [-0.05, 0) is 37.7 Å². The Morgan fingerprint density at radius 2 is 2.00 bits per heavy atom. The van der Waals surface area contributed by atoms with Crippen LogP contribution in [-0.4, -0.2) is 49.6 Å². The molecule has 5 atom stereocenters. The Bertz CT molecular complexity index is 1580. The van der Waals surface area contributed by atoms with Crippen molar-refractivity contribution in [2.45, 2.75) is 57.5 Å². The quantitative estimate of drug-likeness (QED) is 0.257. The van der Waals surface area contributed by atoms with E-state index in [1.54, 1.807) is 23.2 Å². The molecule has 42 heavy (non-hydrogen) atoms. The van der Waals surface area contributed by atoms with Crippen LogP contribution in [0.25, 0.3) is 0 Å². The van der Waals surface area contributed by atoms with Crippen molar-refractivity contribution in [2.75, 3.05) is 11.1 Å². The number of hydrogen-bond acceptors (Lipinski definition) is 8. The van der Waals surface area contributed by atoms with Crippen molar-refractivity contribution in [1.82, 2.24) is 19.7 Å². The SMILES string of the molecule is CC(Nc1ncnc(N)c1C(=N)c1cnn(Cc2ccccc2)c1)C1=C([C@@H]2CC=C[C@H](F)C2)C(=O)[C@@H]2CC=CC[C@@H]2O1. The van der Waals surface area contributed by atoms with Crippen LogP contribution in [0.3, 0.4) is 0 Å². The third-order valence-electron chi connectivity index (χ3n) is 8.19. The predicted molar refractivity (Wildman–Crippen MR) is 159 cm³/mol. The topological polar surface area (TPSA) is 132 Å². The molecule has 6 rings (SSSR count). The van der Waals surface area contributed by atoms with Crippen molar-refractivity contribution in [1.29, 1.82) is 5.41 Å². The molecule has 1 aromatic carbocycles. The minimum absolute atomic E-state index is 0.0350. The molecule has 0 spiro atoms. The first kappa shape index (κ1) is 27.6. The first-order valence-corrected chi connectivity index (χ1v) is 14.3. The highest BCUT2D eigenvalue weighted by molar-refractivity contribution is 6.16. The molecule has 2 aromatic heterocycles. The highest BCUT2D eigenvalue weighted by atomic mass is 19.1. The number of alkyl halides is 1. The van der Waals surface area contributed by atoms with E-state index < -0.39 is 12.2 Å². The zero-order valence-electron chi connectivity index (χ0n) is 23.4. The van der Waals surface area contributed by atoms with Crippen LogP contribution in [0.15, 0.2) is 84.7 Å². The number of anilines is 2. The Morgan fingerprint density at radius 3 is 2.81 bits per heavy atom. The summed E-state index contributed by atoms with van der Waals surface area (Å²) in [5.74, 6) is 0.493. The van der Waals surface area contributed by atoms with Gasteiger partial charge in [0.25, 0.3) is 0 Å². The van der Waals surface area contributed by atoms with Gasteiger partial charge in [0.2, 0.25) is 0 Å². The first-order valence-electron chi connectivity index (χ1n) is 14.3. The van der Waals surface area contributed by atoms with Crippen LogP contribution >= 0.6 is 0 Å². The highest BCUT2D eigenvalue weighted by Crippen LogP contribution is 2.41. The van der Waals surface area contributed by atoms with E-state index in [9.17, 15) is 9.18 Å². The molecule has 10 heteroatoms. The second-order valence-corrected chi connectivity index (χ2v) is 11.1. The van der Waals surface area contributed by atoms with E-state index in [1.165, 1.54) is 6.33 Å². The average molecular weight is 568 g/mol. The zero-order valence-corrected chi connectivity index (χ0v) is 23.4. The number of nitrogen functional groups attached to an aromatic ring is 1. The number of halogens is 1. The largest absolute Gasteiger partial charge is 0.491 e. The number of rotatable bonds is 8. The summed E-state index contributed by atoms with van der Waals surface area (Å²) in [6, 6.07) is 9.44. The molecule has 3 aromatic rings. The second-order valence-electron chi connectivity index (χ2n) is 11.1. The fourth-order valence-electron chi connectivity index (χ4n) is 6.07. The summed E-state index contributed by atoms with van der Waals surface area (Å²) in [6.45, 7) is 2.45. The van der Waals surface area contributed by atoms with Crippen LogP contribution in [0, 0.1) is 17.2 Å². The number of aromatic nitrogens is 4. The molecule has 0 bridgehead atoms. The molecule has 2 aliphatic carbocycles. The lowest BCUT2D eigenvalue weighted by Crippen LogP contribution is -2.43. The Hall–Kier alpha value is -4.60. The summed E-state index contributed by atoms with van der Waals surface area (Å²) in [4.78, 5) is 22.4. The molecule has 3 heterocycles. The van der Waals surface area contributed by atoms with Gasteiger partial charge in [-0.25, -0.2) is 14.4 Å². The highest BCUT2D eigenvalue weighted by Gasteiger charge is 2.43. The number of carbonyl (C=O) groups is 1. The maximum absolute atomic E-state index is 14.4. The number of benzene rings is 1. The van der Waals surface area contributed by atoms with Crippen LogP contribution in [0.5, 0.6) is 0 Å². The molecule has 3 aliphatic rings. The molecular weight excluding hydrogens is 533 g/mol. The molecule has 0 fully saturated rings. The lowest BCUT2D eigenvalue weighted by atomic mass is 9.75. The molecule has 0 amide bonds. The van der Waals surface area contributed by atoms with Crippen LogP contribution < -0.4 is 11.1 Å². The number of fused-ring (bicyclic) bond motifs is 1. The van der Waals surface area contributed by atoms with Gasteiger partial charge >= 0.3 is 0 Å². The minimum atomic E-state index is -1.10. The summed E-state index contributed by atoms with van der Waals surface area (Å²) in [5, 5.41) is 16.8.